The number of halogens is 1. The Kier molecular flexibility index (Phi) is 6.98. The molecular weight excluding hydrogens is 471 g/mol. The average Bonchev–Trinajstić information content (AvgIpc) is 2.93. The Labute approximate surface area is 215 Å². The minimum absolute atomic E-state index is 0.148. The summed E-state index contributed by atoms with van der Waals surface area (Å²) >= 11 is 0. The van der Waals surface area contributed by atoms with Crippen molar-refractivity contribution in [2.45, 2.75) is 19.5 Å². The second-order valence-electron chi connectivity index (χ2n) is 8.83. The molecular formula is C29H27FN4O3. The van der Waals surface area contributed by atoms with E-state index in [1.165, 1.54) is 12.1 Å². The van der Waals surface area contributed by atoms with Crippen molar-refractivity contribution in [3.8, 4) is 17.4 Å². The van der Waals surface area contributed by atoms with Gasteiger partial charge in [0.25, 0.3) is 5.91 Å². The first kappa shape index (κ1) is 24.2. The molecule has 37 heavy (non-hydrogen) atoms. The van der Waals surface area contributed by atoms with Crippen LogP contribution in [0.1, 0.15) is 27.2 Å². The summed E-state index contributed by atoms with van der Waals surface area (Å²) in [6, 6.07) is 23.1. The van der Waals surface area contributed by atoms with Crippen molar-refractivity contribution in [1.82, 2.24) is 14.9 Å². The summed E-state index contributed by atoms with van der Waals surface area (Å²) in [4.78, 5) is 26.6. The van der Waals surface area contributed by atoms with Crippen LogP contribution >= 0.6 is 0 Å². The molecule has 0 fully saturated rings. The standard InChI is InChI=1S/C29H27FN4O3/c1-33(18-20-9-4-3-5-10-20)29-31-25-15-16-34(28(35)23-13-6-7-14-26(23)36-2)19-24(25)27(32-29)37-22-12-8-11-21(30)17-22/h3-14,17H,15-16,18-19H2,1-2H3. The molecule has 0 saturated heterocycles. The van der Waals surface area contributed by atoms with Crippen molar-refractivity contribution in [1.29, 1.82) is 0 Å². The molecule has 1 amide bonds. The minimum atomic E-state index is -0.408. The van der Waals surface area contributed by atoms with Gasteiger partial charge in [0.1, 0.15) is 17.3 Å². The Hall–Kier alpha value is -4.46. The highest BCUT2D eigenvalue weighted by atomic mass is 19.1. The SMILES string of the molecule is COc1ccccc1C(=O)N1CCc2nc(N(C)Cc3ccccc3)nc(Oc3cccc(F)c3)c2C1. The monoisotopic (exact) mass is 498 g/mol. The van der Waals surface area contributed by atoms with Gasteiger partial charge < -0.3 is 19.3 Å². The molecule has 0 atom stereocenters. The molecule has 1 aliphatic heterocycles. The summed E-state index contributed by atoms with van der Waals surface area (Å²) in [6.45, 7) is 1.36. The fraction of sp³-hybridized carbons (Fsp3) is 0.207. The van der Waals surface area contributed by atoms with Crippen LogP contribution in [0.3, 0.4) is 0 Å². The highest BCUT2D eigenvalue weighted by molar-refractivity contribution is 5.97. The van der Waals surface area contributed by atoms with E-state index >= 15 is 0 Å². The quantitative estimate of drug-likeness (QED) is 0.347. The molecule has 4 aromatic rings. The van der Waals surface area contributed by atoms with E-state index < -0.39 is 5.82 Å². The second kappa shape index (κ2) is 10.7. The van der Waals surface area contributed by atoms with Gasteiger partial charge in [-0.25, -0.2) is 9.37 Å². The third-order valence-electron chi connectivity index (χ3n) is 6.25. The smallest absolute Gasteiger partial charge is 0.257 e. The van der Waals surface area contributed by atoms with Crippen molar-refractivity contribution in [2.75, 3.05) is 25.6 Å². The van der Waals surface area contributed by atoms with E-state index in [-0.39, 0.29) is 12.5 Å². The lowest BCUT2D eigenvalue weighted by Crippen LogP contribution is -2.37. The molecule has 5 rings (SSSR count). The number of methoxy groups -OCH3 is 1. The predicted octanol–water partition coefficient (Wildman–Crippen LogP) is 5.25. The molecule has 0 spiro atoms. The van der Waals surface area contributed by atoms with Crippen LogP contribution < -0.4 is 14.4 Å². The topological polar surface area (TPSA) is 67.8 Å². The highest BCUT2D eigenvalue weighted by Crippen LogP contribution is 2.33. The Morgan fingerprint density at radius 3 is 2.59 bits per heavy atom. The molecule has 1 aliphatic rings. The van der Waals surface area contributed by atoms with Gasteiger partial charge in [-0.2, -0.15) is 4.98 Å². The summed E-state index contributed by atoms with van der Waals surface area (Å²) in [5, 5.41) is 0. The van der Waals surface area contributed by atoms with Crippen molar-refractivity contribution in [3.05, 3.63) is 107 Å². The van der Waals surface area contributed by atoms with Crippen LogP contribution in [0, 0.1) is 5.82 Å². The molecule has 188 valence electrons. The van der Waals surface area contributed by atoms with Gasteiger partial charge in [-0.15, -0.1) is 0 Å². The summed E-state index contributed by atoms with van der Waals surface area (Å²) in [5.74, 6) is 1.09. The van der Waals surface area contributed by atoms with Gasteiger partial charge in [-0.05, 0) is 29.8 Å². The second-order valence-corrected chi connectivity index (χ2v) is 8.83. The average molecular weight is 499 g/mol. The number of nitrogens with zero attached hydrogens (tertiary/aromatic N) is 4. The molecule has 0 aliphatic carbocycles. The highest BCUT2D eigenvalue weighted by Gasteiger charge is 2.29. The number of carbonyl (C=O) groups excluding carboxylic acids is 1. The zero-order chi connectivity index (χ0) is 25.8. The number of carbonyl (C=O) groups is 1. The van der Waals surface area contributed by atoms with Crippen LogP contribution in [0.5, 0.6) is 17.4 Å². The van der Waals surface area contributed by atoms with E-state index in [9.17, 15) is 9.18 Å². The first-order chi connectivity index (χ1) is 18.0. The number of para-hydroxylation sites is 1. The van der Waals surface area contributed by atoms with E-state index in [1.54, 1.807) is 36.3 Å². The van der Waals surface area contributed by atoms with Crippen LogP contribution in [0.15, 0.2) is 78.9 Å². The molecule has 3 aromatic carbocycles. The van der Waals surface area contributed by atoms with Gasteiger partial charge >= 0.3 is 0 Å². The number of amides is 1. The van der Waals surface area contributed by atoms with Gasteiger partial charge in [0.15, 0.2) is 0 Å². The molecule has 0 saturated carbocycles. The lowest BCUT2D eigenvalue weighted by molar-refractivity contribution is 0.0728. The molecule has 8 heteroatoms. The number of anilines is 1. The molecule has 0 N–H and O–H groups in total. The Balaban J connectivity index is 1.48. The van der Waals surface area contributed by atoms with Crippen molar-refractivity contribution < 1.29 is 18.7 Å². The maximum absolute atomic E-state index is 13.9. The fourth-order valence-electron chi connectivity index (χ4n) is 4.36. The van der Waals surface area contributed by atoms with Crippen molar-refractivity contribution >= 4 is 11.9 Å². The van der Waals surface area contributed by atoms with Crippen molar-refractivity contribution in [2.24, 2.45) is 0 Å². The largest absolute Gasteiger partial charge is 0.496 e. The maximum atomic E-state index is 13.9. The first-order valence-electron chi connectivity index (χ1n) is 12.0. The zero-order valence-corrected chi connectivity index (χ0v) is 20.7. The molecule has 1 aromatic heterocycles. The van der Waals surface area contributed by atoms with E-state index in [0.717, 1.165) is 11.3 Å². The van der Waals surface area contributed by atoms with Crippen LogP contribution in [-0.2, 0) is 19.5 Å². The lowest BCUT2D eigenvalue weighted by atomic mass is 10.0. The number of hydrogen-bond donors (Lipinski definition) is 0. The van der Waals surface area contributed by atoms with Crippen LogP contribution in [0.2, 0.25) is 0 Å². The third kappa shape index (κ3) is 5.38. The van der Waals surface area contributed by atoms with E-state index in [2.05, 4.69) is 0 Å². The zero-order valence-electron chi connectivity index (χ0n) is 20.7. The molecule has 2 heterocycles. The summed E-state index contributed by atoms with van der Waals surface area (Å²) in [5.41, 5.74) is 3.12. The summed E-state index contributed by atoms with van der Waals surface area (Å²) in [7, 11) is 3.46. The van der Waals surface area contributed by atoms with Gasteiger partial charge in [-0.3, -0.25) is 4.79 Å². The van der Waals surface area contributed by atoms with E-state index in [4.69, 9.17) is 19.4 Å². The van der Waals surface area contributed by atoms with Crippen molar-refractivity contribution in [3.63, 3.8) is 0 Å². The Morgan fingerprint density at radius 1 is 1.03 bits per heavy atom. The van der Waals surface area contributed by atoms with Gasteiger partial charge in [-0.1, -0.05) is 48.5 Å². The number of rotatable bonds is 7. The molecule has 0 unspecified atom stereocenters. The molecule has 0 radical (unpaired) electrons. The van der Waals surface area contributed by atoms with Crippen LogP contribution in [0.25, 0.3) is 0 Å². The summed E-state index contributed by atoms with van der Waals surface area (Å²) < 4.78 is 25.4. The first-order valence-corrected chi connectivity index (χ1v) is 12.0. The lowest BCUT2D eigenvalue weighted by Gasteiger charge is -2.30. The number of hydrogen-bond acceptors (Lipinski definition) is 6. The molecule has 7 nitrogen and oxygen atoms in total. The maximum Gasteiger partial charge on any atom is 0.257 e. The fourth-order valence-corrected chi connectivity index (χ4v) is 4.36. The van der Waals surface area contributed by atoms with Crippen LogP contribution in [-0.4, -0.2) is 41.5 Å². The van der Waals surface area contributed by atoms with Gasteiger partial charge in [0, 0.05) is 32.6 Å². The van der Waals surface area contributed by atoms with E-state index in [1.807, 2.05) is 54.4 Å². The third-order valence-corrected chi connectivity index (χ3v) is 6.25. The van der Waals surface area contributed by atoms with E-state index in [0.29, 0.717) is 54.0 Å². The number of ether oxygens (including phenoxy) is 2. The van der Waals surface area contributed by atoms with Gasteiger partial charge in [0.05, 0.1) is 30.5 Å². The predicted molar refractivity (Wildman–Crippen MR) is 138 cm³/mol. The Bertz CT molecular complexity index is 1410. The van der Waals surface area contributed by atoms with Crippen LogP contribution in [0.4, 0.5) is 10.3 Å². The number of aromatic nitrogens is 2. The number of benzene rings is 3. The number of fused-ring (bicyclic) bond motifs is 1. The molecule has 0 bridgehead atoms. The normalized spacial score (nSPS) is 12.6. The summed E-state index contributed by atoms with van der Waals surface area (Å²) in [6.07, 6.45) is 0.532. The van der Waals surface area contributed by atoms with Gasteiger partial charge in [0.2, 0.25) is 11.8 Å². The Morgan fingerprint density at radius 2 is 1.81 bits per heavy atom. The minimum Gasteiger partial charge on any atom is -0.496 e.